The monoisotopic (exact) mass is 388 g/mol. The van der Waals surface area contributed by atoms with Crippen molar-refractivity contribution >= 4 is 29.0 Å². The Morgan fingerprint density at radius 2 is 1.34 bits per heavy atom. The molecule has 0 unspecified atom stereocenters. The Hall–Kier alpha value is -3.54. The van der Waals surface area contributed by atoms with Crippen LogP contribution in [0.5, 0.6) is 0 Å². The minimum Gasteiger partial charge on any atom is -0.324 e. The maximum Gasteiger partial charge on any atom is 0.258 e. The normalized spacial score (nSPS) is 11.0. The molecule has 0 spiro atoms. The van der Waals surface area contributed by atoms with E-state index in [1.54, 1.807) is 24.3 Å². The van der Waals surface area contributed by atoms with E-state index < -0.39 is 0 Å². The Kier molecular flexibility index (Phi) is 5.73. The third kappa shape index (κ3) is 5.25. The molecule has 2 N–H and O–H groups in total. The van der Waals surface area contributed by atoms with E-state index in [1.165, 1.54) is 24.9 Å². The molecule has 0 aliphatic carbocycles. The van der Waals surface area contributed by atoms with E-state index in [1.807, 2.05) is 12.1 Å². The molecule has 0 aliphatic heterocycles. The van der Waals surface area contributed by atoms with Gasteiger partial charge in [0.25, 0.3) is 5.91 Å². The maximum atomic E-state index is 12.4. The molecule has 3 aromatic rings. The van der Waals surface area contributed by atoms with E-state index in [0.717, 1.165) is 5.69 Å². The molecule has 0 bridgehead atoms. The highest BCUT2D eigenvalue weighted by Gasteiger charge is 2.13. The topological polar surface area (TPSA) is 84.0 Å². The number of rotatable bonds is 5. The summed E-state index contributed by atoms with van der Waals surface area (Å²) in [4.78, 5) is 32.1. The zero-order chi connectivity index (χ0) is 21.0. The molecule has 29 heavy (non-hydrogen) atoms. The van der Waals surface area contributed by atoms with Crippen LogP contribution >= 0.6 is 0 Å². The average Bonchev–Trinajstić information content (AvgIpc) is 2.68. The van der Waals surface area contributed by atoms with Gasteiger partial charge in [0.05, 0.1) is 5.56 Å². The van der Waals surface area contributed by atoms with Gasteiger partial charge < -0.3 is 10.6 Å². The summed E-state index contributed by atoms with van der Waals surface area (Å²) < 4.78 is 0. The molecule has 0 saturated carbocycles. The number of nitrogens with one attached hydrogen (secondary N) is 2. The van der Waals surface area contributed by atoms with Crippen LogP contribution in [0.25, 0.3) is 0 Å². The summed E-state index contributed by atoms with van der Waals surface area (Å²) in [6.45, 7) is 8.00. The first-order valence-electron chi connectivity index (χ1n) is 9.34. The number of carbonyl (C=O) groups is 2. The summed E-state index contributed by atoms with van der Waals surface area (Å²) in [5.41, 5.74) is 3.75. The molecular weight excluding hydrogens is 364 g/mol. The molecule has 148 valence electrons. The van der Waals surface area contributed by atoms with Gasteiger partial charge in [-0.05, 0) is 54.3 Å². The number of aromatic nitrogens is 2. The van der Waals surface area contributed by atoms with Gasteiger partial charge in [-0.1, -0.05) is 32.9 Å². The molecule has 0 aliphatic rings. The van der Waals surface area contributed by atoms with Crippen LogP contribution in [0.3, 0.4) is 0 Å². The van der Waals surface area contributed by atoms with E-state index >= 15 is 0 Å². The van der Waals surface area contributed by atoms with E-state index in [4.69, 9.17) is 0 Å². The van der Waals surface area contributed by atoms with Gasteiger partial charge in [0.1, 0.15) is 0 Å². The smallest absolute Gasteiger partial charge is 0.258 e. The number of benzene rings is 2. The summed E-state index contributed by atoms with van der Waals surface area (Å²) in [6, 6.07) is 14.8. The highest BCUT2D eigenvalue weighted by Crippen LogP contribution is 2.24. The Morgan fingerprint density at radius 3 is 1.86 bits per heavy atom. The third-order valence-electron chi connectivity index (χ3n) is 4.47. The van der Waals surface area contributed by atoms with Crippen LogP contribution in [0.1, 0.15) is 54.0 Å². The first kappa shape index (κ1) is 20.2. The average molecular weight is 388 g/mol. The molecule has 1 heterocycles. The fourth-order valence-corrected chi connectivity index (χ4v) is 2.68. The molecule has 1 aromatic heterocycles. The standard InChI is InChI=1S/C23H24N4O2/c1-15(28)16-5-9-19(10-6-16)26-21(29)17-13-24-22(25-14-17)27-20-11-7-18(8-12-20)23(2,3)4/h5-14H,1-4H3,(H,26,29)(H,24,25,27). The third-order valence-corrected chi connectivity index (χ3v) is 4.47. The zero-order valence-corrected chi connectivity index (χ0v) is 17.0. The summed E-state index contributed by atoms with van der Waals surface area (Å²) in [5, 5.41) is 5.89. The van der Waals surface area contributed by atoms with Crippen molar-refractivity contribution < 1.29 is 9.59 Å². The zero-order valence-electron chi connectivity index (χ0n) is 17.0. The van der Waals surface area contributed by atoms with Crippen LogP contribution in [-0.4, -0.2) is 21.7 Å². The van der Waals surface area contributed by atoms with Crippen LogP contribution in [0.15, 0.2) is 60.9 Å². The molecule has 0 fully saturated rings. The Balaban J connectivity index is 1.63. The van der Waals surface area contributed by atoms with Crippen molar-refractivity contribution in [3.05, 3.63) is 77.6 Å². The fraction of sp³-hybridized carbons (Fsp3) is 0.217. The molecule has 3 rings (SSSR count). The van der Waals surface area contributed by atoms with Crippen LogP contribution in [0.2, 0.25) is 0 Å². The van der Waals surface area contributed by atoms with Gasteiger partial charge in [-0.15, -0.1) is 0 Å². The predicted octanol–water partition coefficient (Wildman–Crippen LogP) is 4.97. The lowest BCUT2D eigenvalue weighted by molar-refractivity contribution is 0.101. The number of carbonyl (C=O) groups excluding carboxylic acids is 2. The van der Waals surface area contributed by atoms with Crippen LogP contribution in [0, 0.1) is 0 Å². The molecule has 0 atom stereocenters. The van der Waals surface area contributed by atoms with Gasteiger partial charge in [-0.2, -0.15) is 0 Å². The number of amides is 1. The van der Waals surface area contributed by atoms with E-state index in [2.05, 4.69) is 53.5 Å². The van der Waals surface area contributed by atoms with Crippen molar-refractivity contribution in [1.29, 1.82) is 0 Å². The first-order chi connectivity index (χ1) is 13.7. The number of anilines is 3. The largest absolute Gasteiger partial charge is 0.324 e. The molecule has 1 amide bonds. The van der Waals surface area contributed by atoms with Crippen molar-refractivity contribution in [3.63, 3.8) is 0 Å². The summed E-state index contributed by atoms with van der Waals surface area (Å²) in [5.74, 6) is 0.0740. The number of hydrogen-bond donors (Lipinski definition) is 2. The van der Waals surface area contributed by atoms with Gasteiger partial charge in [0.2, 0.25) is 5.95 Å². The maximum absolute atomic E-state index is 12.4. The number of hydrogen-bond acceptors (Lipinski definition) is 5. The second kappa shape index (κ2) is 8.22. The minimum absolute atomic E-state index is 0.0209. The van der Waals surface area contributed by atoms with Crippen LogP contribution in [0.4, 0.5) is 17.3 Å². The van der Waals surface area contributed by atoms with E-state index in [0.29, 0.717) is 22.8 Å². The van der Waals surface area contributed by atoms with Crippen molar-refractivity contribution in [2.75, 3.05) is 10.6 Å². The van der Waals surface area contributed by atoms with Crippen molar-refractivity contribution in [2.24, 2.45) is 0 Å². The highest BCUT2D eigenvalue weighted by atomic mass is 16.1. The van der Waals surface area contributed by atoms with Gasteiger partial charge in [0, 0.05) is 29.3 Å². The van der Waals surface area contributed by atoms with Crippen molar-refractivity contribution in [3.8, 4) is 0 Å². The first-order valence-corrected chi connectivity index (χ1v) is 9.34. The Labute approximate surface area is 170 Å². The van der Waals surface area contributed by atoms with E-state index in [9.17, 15) is 9.59 Å². The second-order valence-corrected chi connectivity index (χ2v) is 7.84. The molecule has 6 nitrogen and oxygen atoms in total. The van der Waals surface area contributed by atoms with Gasteiger partial charge in [-0.3, -0.25) is 9.59 Å². The molecule has 0 saturated heterocycles. The quantitative estimate of drug-likeness (QED) is 0.603. The van der Waals surface area contributed by atoms with Gasteiger partial charge >= 0.3 is 0 Å². The molecule has 0 radical (unpaired) electrons. The predicted molar refractivity (Wildman–Crippen MR) is 115 cm³/mol. The summed E-state index contributed by atoms with van der Waals surface area (Å²) in [6.07, 6.45) is 2.94. The lowest BCUT2D eigenvalue weighted by atomic mass is 9.87. The lowest BCUT2D eigenvalue weighted by Crippen LogP contribution is -2.13. The Bertz CT molecular complexity index is 1000. The minimum atomic E-state index is -0.318. The molecule has 6 heteroatoms. The molecule has 2 aromatic carbocycles. The SMILES string of the molecule is CC(=O)c1ccc(NC(=O)c2cnc(Nc3ccc(C(C)(C)C)cc3)nc2)cc1. The fourth-order valence-electron chi connectivity index (χ4n) is 2.68. The Morgan fingerprint density at radius 1 is 0.793 bits per heavy atom. The second-order valence-electron chi connectivity index (χ2n) is 7.84. The summed E-state index contributed by atoms with van der Waals surface area (Å²) in [7, 11) is 0. The van der Waals surface area contributed by atoms with E-state index in [-0.39, 0.29) is 17.1 Å². The van der Waals surface area contributed by atoms with Crippen LogP contribution < -0.4 is 10.6 Å². The highest BCUT2D eigenvalue weighted by molar-refractivity contribution is 6.04. The van der Waals surface area contributed by atoms with Gasteiger partial charge in [-0.25, -0.2) is 9.97 Å². The number of nitrogens with zero attached hydrogens (tertiary/aromatic N) is 2. The van der Waals surface area contributed by atoms with Crippen molar-refractivity contribution in [1.82, 2.24) is 9.97 Å². The van der Waals surface area contributed by atoms with Crippen molar-refractivity contribution in [2.45, 2.75) is 33.1 Å². The summed E-state index contributed by atoms with van der Waals surface area (Å²) >= 11 is 0. The molecular formula is C23H24N4O2. The number of ketones is 1. The van der Waals surface area contributed by atoms with Crippen LogP contribution in [-0.2, 0) is 5.41 Å². The lowest BCUT2D eigenvalue weighted by Gasteiger charge is -2.19. The number of Topliss-reactive ketones (excluding diaryl/α,β-unsaturated/α-hetero) is 1. The van der Waals surface area contributed by atoms with Gasteiger partial charge in [0.15, 0.2) is 5.78 Å².